The molecule has 0 aliphatic carbocycles. The van der Waals surface area contributed by atoms with Crippen LogP contribution in [0.25, 0.3) is 0 Å². The van der Waals surface area contributed by atoms with Crippen molar-refractivity contribution in [3.63, 3.8) is 0 Å². The Kier molecular flexibility index (Phi) is 6.90. The van der Waals surface area contributed by atoms with Gasteiger partial charge in [0.2, 0.25) is 0 Å². The smallest absolute Gasteiger partial charge is 0.261 e. The standard InChI is InChI=1S/C24H26N2O3S/c1-18-8-6-9-20(16-18)10-7-15-25-24(27)21-14-13-19(2)23(17-21)26-30(28,29)22-11-4-3-5-12-22/h3-6,8-9,11-14,16-17,26H,7,10,15H2,1-2H3,(H,25,27). The van der Waals surface area contributed by atoms with Crippen molar-refractivity contribution in [1.29, 1.82) is 0 Å². The van der Waals surface area contributed by atoms with Gasteiger partial charge in [0.1, 0.15) is 0 Å². The molecule has 156 valence electrons. The molecule has 0 unspecified atom stereocenters. The van der Waals surface area contributed by atoms with Crippen LogP contribution in [0, 0.1) is 13.8 Å². The van der Waals surface area contributed by atoms with Gasteiger partial charge in [0.15, 0.2) is 0 Å². The molecule has 3 aromatic rings. The number of hydrogen-bond donors (Lipinski definition) is 2. The first-order chi connectivity index (χ1) is 14.3. The van der Waals surface area contributed by atoms with E-state index in [-0.39, 0.29) is 10.8 Å². The van der Waals surface area contributed by atoms with Gasteiger partial charge in [-0.1, -0.05) is 54.1 Å². The molecule has 3 aromatic carbocycles. The summed E-state index contributed by atoms with van der Waals surface area (Å²) in [5.74, 6) is -0.223. The Morgan fingerprint density at radius 1 is 0.900 bits per heavy atom. The van der Waals surface area contributed by atoms with E-state index in [0.717, 1.165) is 18.4 Å². The molecule has 0 atom stereocenters. The Labute approximate surface area is 178 Å². The van der Waals surface area contributed by atoms with Crippen LogP contribution in [0.3, 0.4) is 0 Å². The van der Waals surface area contributed by atoms with Crippen molar-refractivity contribution < 1.29 is 13.2 Å². The second-order valence-electron chi connectivity index (χ2n) is 7.30. The minimum absolute atomic E-state index is 0.176. The van der Waals surface area contributed by atoms with Gasteiger partial charge in [-0.2, -0.15) is 0 Å². The largest absolute Gasteiger partial charge is 0.352 e. The summed E-state index contributed by atoms with van der Waals surface area (Å²) in [6.07, 6.45) is 1.71. The average molecular weight is 423 g/mol. The van der Waals surface area contributed by atoms with E-state index in [0.29, 0.717) is 17.8 Å². The van der Waals surface area contributed by atoms with E-state index in [1.165, 1.54) is 23.3 Å². The van der Waals surface area contributed by atoms with Crippen LogP contribution in [0.4, 0.5) is 5.69 Å². The molecule has 0 aliphatic heterocycles. The molecule has 2 N–H and O–H groups in total. The van der Waals surface area contributed by atoms with E-state index < -0.39 is 10.0 Å². The number of rotatable bonds is 8. The number of benzene rings is 3. The molecule has 1 amide bonds. The molecule has 0 radical (unpaired) electrons. The molecule has 0 saturated carbocycles. The highest BCUT2D eigenvalue weighted by atomic mass is 32.2. The van der Waals surface area contributed by atoms with Crippen molar-refractivity contribution in [3.05, 3.63) is 95.1 Å². The summed E-state index contributed by atoms with van der Waals surface area (Å²) in [6.45, 7) is 4.41. The maximum absolute atomic E-state index is 12.6. The number of amides is 1. The van der Waals surface area contributed by atoms with Crippen LogP contribution in [-0.4, -0.2) is 20.9 Å². The summed E-state index contributed by atoms with van der Waals surface area (Å²) in [4.78, 5) is 12.7. The molecular weight excluding hydrogens is 396 g/mol. The number of anilines is 1. The average Bonchev–Trinajstić information content (AvgIpc) is 2.73. The maximum Gasteiger partial charge on any atom is 0.261 e. The van der Waals surface area contributed by atoms with Crippen LogP contribution >= 0.6 is 0 Å². The van der Waals surface area contributed by atoms with Crippen LogP contribution in [-0.2, 0) is 16.4 Å². The van der Waals surface area contributed by atoms with Gasteiger partial charge in [0, 0.05) is 12.1 Å². The van der Waals surface area contributed by atoms with Crippen molar-refractivity contribution in [2.45, 2.75) is 31.6 Å². The summed E-state index contributed by atoms with van der Waals surface area (Å²) in [6, 6.07) is 21.5. The Morgan fingerprint density at radius 2 is 1.67 bits per heavy atom. The fraction of sp³-hybridized carbons (Fsp3) is 0.208. The third-order valence-electron chi connectivity index (χ3n) is 4.81. The monoisotopic (exact) mass is 422 g/mol. The number of sulfonamides is 1. The van der Waals surface area contributed by atoms with Crippen molar-refractivity contribution in [2.75, 3.05) is 11.3 Å². The molecule has 0 fully saturated rings. The molecule has 0 aromatic heterocycles. The van der Waals surface area contributed by atoms with Gasteiger partial charge in [-0.25, -0.2) is 8.42 Å². The van der Waals surface area contributed by atoms with Crippen LogP contribution in [0.1, 0.15) is 33.5 Å². The van der Waals surface area contributed by atoms with E-state index in [9.17, 15) is 13.2 Å². The highest BCUT2D eigenvalue weighted by Crippen LogP contribution is 2.21. The van der Waals surface area contributed by atoms with Crippen molar-refractivity contribution >= 4 is 21.6 Å². The predicted octanol–water partition coefficient (Wildman–Crippen LogP) is 4.47. The third kappa shape index (κ3) is 5.70. The lowest BCUT2D eigenvalue weighted by atomic mass is 10.1. The zero-order chi connectivity index (χ0) is 21.6. The predicted molar refractivity (Wildman–Crippen MR) is 120 cm³/mol. The SMILES string of the molecule is Cc1cccc(CCCNC(=O)c2ccc(C)c(NS(=O)(=O)c3ccccc3)c2)c1. The zero-order valence-electron chi connectivity index (χ0n) is 17.2. The van der Waals surface area contributed by atoms with E-state index >= 15 is 0 Å². The number of carbonyl (C=O) groups is 1. The summed E-state index contributed by atoms with van der Waals surface area (Å²) >= 11 is 0. The zero-order valence-corrected chi connectivity index (χ0v) is 18.0. The Balaban J connectivity index is 1.62. The molecule has 5 nitrogen and oxygen atoms in total. The van der Waals surface area contributed by atoms with Gasteiger partial charge in [-0.05, 0) is 62.1 Å². The Hall–Kier alpha value is -3.12. The second-order valence-corrected chi connectivity index (χ2v) is 8.98. The number of carbonyl (C=O) groups excluding carboxylic acids is 1. The maximum atomic E-state index is 12.6. The summed E-state index contributed by atoms with van der Waals surface area (Å²) in [5.41, 5.74) is 4.03. The van der Waals surface area contributed by atoms with Gasteiger partial charge in [0.25, 0.3) is 15.9 Å². The minimum Gasteiger partial charge on any atom is -0.352 e. The molecule has 0 spiro atoms. The molecule has 0 saturated heterocycles. The quantitative estimate of drug-likeness (QED) is 0.526. The van der Waals surface area contributed by atoms with Crippen LogP contribution in [0.5, 0.6) is 0 Å². The van der Waals surface area contributed by atoms with Crippen molar-refractivity contribution in [2.24, 2.45) is 0 Å². The molecule has 0 aliphatic rings. The van der Waals surface area contributed by atoms with Crippen molar-refractivity contribution in [1.82, 2.24) is 5.32 Å². The first-order valence-corrected chi connectivity index (χ1v) is 11.4. The lowest BCUT2D eigenvalue weighted by Gasteiger charge is -2.12. The van der Waals surface area contributed by atoms with Crippen LogP contribution in [0.15, 0.2) is 77.7 Å². The van der Waals surface area contributed by atoms with Crippen molar-refractivity contribution in [3.8, 4) is 0 Å². The fourth-order valence-electron chi connectivity index (χ4n) is 3.14. The number of aryl methyl sites for hydroxylation is 3. The highest BCUT2D eigenvalue weighted by Gasteiger charge is 2.16. The molecule has 3 rings (SSSR count). The Morgan fingerprint density at radius 3 is 2.40 bits per heavy atom. The minimum atomic E-state index is -3.72. The lowest BCUT2D eigenvalue weighted by Crippen LogP contribution is -2.25. The second kappa shape index (κ2) is 9.59. The number of hydrogen-bond acceptors (Lipinski definition) is 3. The fourth-order valence-corrected chi connectivity index (χ4v) is 4.28. The van der Waals surface area contributed by atoms with Gasteiger partial charge >= 0.3 is 0 Å². The molecule has 0 bridgehead atoms. The van der Waals surface area contributed by atoms with Gasteiger partial charge < -0.3 is 5.32 Å². The van der Waals surface area contributed by atoms with E-state index in [1.807, 2.05) is 6.07 Å². The molecule has 30 heavy (non-hydrogen) atoms. The normalized spacial score (nSPS) is 11.1. The van der Waals surface area contributed by atoms with E-state index in [1.54, 1.807) is 43.3 Å². The highest BCUT2D eigenvalue weighted by molar-refractivity contribution is 7.92. The van der Waals surface area contributed by atoms with Gasteiger partial charge in [-0.15, -0.1) is 0 Å². The third-order valence-corrected chi connectivity index (χ3v) is 6.19. The topological polar surface area (TPSA) is 75.3 Å². The summed E-state index contributed by atoms with van der Waals surface area (Å²) < 4.78 is 27.8. The Bertz CT molecular complexity index is 1130. The summed E-state index contributed by atoms with van der Waals surface area (Å²) in [7, 11) is -3.72. The number of nitrogens with one attached hydrogen (secondary N) is 2. The first kappa shape index (κ1) is 21.6. The lowest BCUT2D eigenvalue weighted by molar-refractivity contribution is 0.0953. The van der Waals surface area contributed by atoms with Crippen LogP contribution in [0.2, 0.25) is 0 Å². The van der Waals surface area contributed by atoms with Gasteiger partial charge in [0.05, 0.1) is 10.6 Å². The molecule has 0 heterocycles. The van der Waals surface area contributed by atoms with Crippen LogP contribution < -0.4 is 10.0 Å². The van der Waals surface area contributed by atoms with E-state index in [4.69, 9.17) is 0 Å². The molecular formula is C24H26N2O3S. The van der Waals surface area contributed by atoms with Gasteiger partial charge in [-0.3, -0.25) is 9.52 Å². The first-order valence-electron chi connectivity index (χ1n) is 9.87. The van der Waals surface area contributed by atoms with E-state index in [2.05, 4.69) is 35.2 Å². The summed E-state index contributed by atoms with van der Waals surface area (Å²) in [5, 5.41) is 2.91. The molecule has 6 heteroatoms.